The molecule has 0 spiro atoms. The highest BCUT2D eigenvalue weighted by molar-refractivity contribution is 7.55. The van der Waals surface area contributed by atoms with Gasteiger partial charge in [0.1, 0.15) is 0 Å². The van der Waals surface area contributed by atoms with Crippen molar-refractivity contribution in [3.05, 3.63) is 0 Å². The molecule has 0 aliphatic heterocycles. The molecule has 10 heteroatoms. The molecule has 0 aromatic rings. The third kappa shape index (κ3) is 1.99. The Morgan fingerprint density at radius 1 is 1.20 bits per heavy atom. The lowest BCUT2D eigenvalue weighted by Crippen LogP contribution is -2.47. The number of hydrogen-bond donors (Lipinski definition) is 1. The van der Waals surface area contributed by atoms with Crippen molar-refractivity contribution < 1.29 is 41.1 Å². The number of hydrogen-bond acceptors (Lipinski definition) is 4. The van der Waals surface area contributed by atoms with E-state index in [2.05, 4.69) is 9.05 Å². The van der Waals surface area contributed by atoms with Crippen molar-refractivity contribution in [1.82, 2.24) is 0 Å². The molecule has 0 rings (SSSR count). The van der Waals surface area contributed by atoms with E-state index in [0.29, 0.717) is 14.2 Å². The number of halogens is 4. The van der Waals surface area contributed by atoms with Gasteiger partial charge in [-0.15, -0.1) is 0 Å². The summed E-state index contributed by atoms with van der Waals surface area (Å²) in [5.74, 6) is -8.67. The average molecular weight is 254 g/mol. The van der Waals surface area contributed by atoms with Crippen LogP contribution in [-0.2, 0) is 18.4 Å². The van der Waals surface area contributed by atoms with Crippen LogP contribution in [0.3, 0.4) is 0 Å². The SMILES string of the molecule is COP(=O)(OC)C(F)(F)C(F)(F)C(=O)O. The van der Waals surface area contributed by atoms with Crippen LogP contribution in [0.25, 0.3) is 0 Å². The summed E-state index contributed by atoms with van der Waals surface area (Å²) < 4.78 is 69.0. The van der Waals surface area contributed by atoms with Crippen molar-refractivity contribution in [3.8, 4) is 0 Å². The summed E-state index contributed by atoms with van der Waals surface area (Å²) in [7, 11) is -4.64. The molecule has 0 fully saturated rings. The summed E-state index contributed by atoms with van der Waals surface area (Å²) in [6.07, 6.45) is 0. The summed E-state index contributed by atoms with van der Waals surface area (Å²) in [6, 6.07) is 0. The van der Waals surface area contributed by atoms with E-state index in [9.17, 15) is 26.9 Å². The van der Waals surface area contributed by atoms with Gasteiger partial charge in [0.2, 0.25) is 0 Å². The zero-order valence-electron chi connectivity index (χ0n) is 7.54. The Morgan fingerprint density at radius 3 is 1.73 bits per heavy atom. The number of rotatable bonds is 5. The Balaban J connectivity index is 5.48. The fourth-order valence-electron chi connectivity index (χ4n) is 0.604. The van der Waals surface area contributed by atoms with Gasteiger partial charge in [-0.2, -0.15) is 17.6 Å². The number of alkyl halides is 4. The van der Waals surface area contributed by atoms with Crippen molar-refractivity contribution in [1.29, 1.82) is 0 Å². The molecule has 1 N–H and O–H groups in total. The molecule has 0 amide bonds. The molecule has 90 valence electrons. The normalized spacial score (nSPS) is 14.0. The van der Waals surface area contributed by atoms with Gasteiger partial charge in [-0.25, -0.2) is 4.79 Å². The fraction of sp³-hybridized carbons (Fsp3) is 0.800. The maximum absolute atomic E-state index is 12.9. The number of carboxylic acids is 1. The molecule has 0 aliphatic carbocycles. The molecule has 0 unspecified atom stereocenters. The van der Waals surface area contributed by atoms with Gasteiger partial charge < -0.3 is 14.2 Å². The van der Waals surface area contributed by atoms with Gasteiger partial charge in [0.15, 0.2) is 0 Å². The zero-order chi connectivity index (χ0) is 12.5. The van der Waals surface area contributed by atoms with E-state index in [1.165, 1.54) is 0 Å². The third-order valence-electron chi connectivity index (χ3n) is 1.47. The molecule has 0 heterocycles. The second-order valence-corrected chi connectivity index (χ2v) is 4.57. The van der Waals surface area contributed by atoms with Gasteiger partial charge in [0.25, 0.3) is 0 Å². The summed E-state index contributed by atoms with van der Waals surface area (Å²) in [6.45, 7) is 0. The Kier molecular flexibility index (Phi) is 3.89. The van der Waals surface area contributed by atoms with E-state index in [4.69, 9.17) is 5.11 Å². The maximum Gasteiger partial charge on any atom is 0.418 e. The number of carboxylic acid groups (broad SMARTS) is 1. The van der Waals surface area contributed by atoms with Crippen LogP contribution in [0.1, 0.15) is 0 Å². The second kappa shape index (κ2) is 4.07. The molecular formula is C5H7F4O5P. The van der Waals surface area contributed by atoms with Crippen LogP contribution in [-0.4, -0.2) is 36.9 Å². The van der Waals surface area contributed by atoms with E-state index < -0.39 is 25.2 Å². The second-order valence-electron chi connectivity index (χ2n) is 2.28. The van der Waals surface area contributed by atoms with Gasteiger partial charge in [-0.1, -0.05) is 0 Å². The number of aliphatic carboxylic acids is 1. The highest BCUT2D eigenvalue weighted by atomic mass is 31.2. The third-order valence-corrected chi connectivity index (χ3v) is 3.40. The van der Waals surface area contributed by atoms with E-state index >= 15 is 0 Å². The van der Waals surface area contributed by atoms with Crippen molar-refractivity contribution >= 4 is 13.6 Å². The van der Waals surface area contributed by atoms with Gasteiger partial charge >= 0.3 is 25.2 Å². The molecule has 0 saturated carbocycles. The Hall–Kier alpha value is -0.660. The molecule has 0 radical (unpaired) electrons. The predicted octanol–water partition coefficient (Wildman–Crippen LogP) is 1.78. The smallest absolute Gasteiger partial charge is 0.418 e. The van der Waals surface area contributed by atoms with Crippen molar-refractivity contribution in [3.63, 3.8) is 0 Å². The first-order valence-corrected chi connectivity index (χ1v) is 4.81. The van der Waals surface area contributed by atoms with E-state index in [1.807, 2.05) is 0 Å². The van der Waals surface area contributed by atoms with Gasteiger partial charge in [-0.3, -0.25) is 4.57 Å². The van der Waals surface area contributed by atoms with Gasteiger partial charge in [-0.05, 0) is 0 Å². The fourth-order valence-corrected chi connectivity index (χ4v) is 1.65. The molecule has 15 heavy (non-hydrogen) atoms. The van der Waals surface area contributed by atoms with Crippen molar-refractivity contribution in [2.75, 3.05) is 14.2 Å². The lowest BCUT2D eigenvalue weighted by molar-refractivity contribution is -0.202. The Labute approximate surface area is 81.5 Å². The van der Waals surface area contributed by atoms with Crippen LogP contribution >= 0.6 is 7.60 Å². The first-order valence-electron chi connectivity index (χ1n) is 3.27. The molecule has 0 bridgehead atoms. The van der Waals surface area contributed by atoms with Crippen LogP contribution in [0.5, 0.6) is 0 Å². The predicted molar refractivity (Wildman–Crippen MR) is 39.2 cm³/mol. The molecular weight excluding hydrogens is 247 g/mol. The molecule has 0 aromatic carbocycles. The summed E-state index contributed by atoms with van der Waals surface area (Å²) >= 11 is 0. The standard InChI is InChI=1S/C5H7F4O5P/c1-13-15(12,14-2)5(8,9)4(6,7)3(10)11/h1-2H3,(H,10,11). The summed E-state index contributed by atoms with van der Waals surface area (Å²) in [5, 5.41) is 7.87. The first kappa shape index (κ1) is 14.3. The van der Waals surface area contributed by atoms with E-state index in [-0.39, 0.29) is 0 Å². The van der Waals surface area contributed by atoms with Crippen molar-refractivity contribution in [2.45, 2.75) is 11.6 Å². The largest absolute Gasteiger partial charge is 0.477 e. The highest BCUT2D eigenvalue weighted by Crippen LogP contribution is 2.66. The van der Waals surface area contributed by atoms with Gasteiger partial charge in [0, 0.05) is 14.2 Å². The average Bonchev–Trinajstić information content (AvgIpc) is 2.15. The molecule has 0 aromatic heterocycles. The molecule has 0 saturated heterocycles. The zero-order valence-corrected chi connectivity index (χ0v) is 8.43. The van der Waals surface area contributed by atoms with Crippen molar-refractivity contribution in [2.24, 2.45) is 0 Å². The van der Waals surface area contributed by atoms with Crippen LogP contribution < -0.4 is 0 Å². The quantitative estimate of drug-likeness (QED) is 0.598. The lowest BCUT2D eigenvalue weighted by atomic mass is 10.3. The Bertz CT molecular complexity index is 296. The minimum absolute atomic E-state index is 0.441. The Morgan fingerprint density at radius 2 is 1.53 bits per heavy atom. The van der Waals surface area contributed by atoms with E-state index in [1.54, 1.807) is 0 Å². The number of carbonyl (C=O) groups is 1. The molecule has 5 nitrogen and oxygen atoms in total. The van der Waals surface area contributed by atoms with Crippen LogP contribution in [0, 0.1) is 0 Å². The first-order chi connectivity index (χ1) is 6.56. The monoisotopic (exact) mass is 254 g/mol. The topological polar surface area (TPSA) is 72.8 Å². The molecule has 0 aliphatic rings. The minimum atomic E-state index is -5.55. The minimum Gasteiger partial charge on any atom is -0.477 e. The summed E-state index contributed by atoms with van der Waals surface area (Å²) in [4.78, 5) is 9.88. The lowest BCUT2D eigenvalue weighted by Gasteiger charge is -2.27. The highest BCUT2D eigenvalue weighted by Gasteiger charge is 2.74. The maximum atomic E-state index is 12.9. The van der Waals surface area contributed by atoms with Crippen LogP contribution in [0.15, 0.2) is 0 Å². The van der Waals surface area contributed by atoms with E-state index in [0.717, 1.165) is 0 Å². The summed E-state index contributed by atoms with van der Waals surface area (Å²) in [5.41, 5.74) is -5.45. The van der Waals surface area contributed by atoms with Crippen LogP contribution in [0.2, 0.25) is 0 Å². The molecule has 0 atom stereocenters. The van der Waals surface area contributed by atoms with Gasteiger partial charge in [0.05, 0.1) is 0 Å². The van der Waals surface area contributed by atoms with Crippen LogP contribution in [0.4, 0.5) is 17.6 Å².